The van der Waals surface area contributed by atoms with Gasteiger partial charge in [-0.3, -0.25) is 8.75 Å². The molecule has 0 aliphatic heterocycles. The van der Waals surface area contributed by atoms with Crippen LogP contribution in [-0.2, 0) is 18.6 Å². The number of halogens is 1. The molecule has 0 saturated heterocycles. The van der Waals surface area contributed by atoms with Gasteiger partial charge in [0, 0.05) is 17.3 Å². The molecular weight excluding hydrogens is 351 g/mol. The van der Waals surface area contributed by atoms with Crippen molar-refractivity contribution in [3.05, 3.63) is 45.8 Å². The fraction of sp³-hybridized carbons (Fsp3) is 0.500. The zero-order valence-electron chi connectivity index (χ0n) is 16.1. The maximum atomic E-state index is 13.0. The van der Waals surface area contributed by atoms with Gasteiger partial charge in [-0.1, -0.05) is 19.4 Å². The highest BCUT2D eigenvalue weighted by Gasteiger charge is 2.17. The molecule has 4 nitrogen and oxygen atoms in total. The zero-order chi connectivity index (χ0) is 19.3. The van der Waals surface area contributed by atoms with Crippen LogP contribution in [0.1, 0.15) is 62.0 Å². The minimum atomic E-state index is -0.630. The summed E-state index contributed by atoms with van der Waals surface area (Å²) < 4.78 is 21.1. The Kier molecular flexibility index (Phi) is 6.75. The van der Waals surface area contributed by atoms with E-state index in [-0.39, 0.29) is 5.54 Å². The molecule has 26 heavy (non-hydrogen) atoms. The highest BCUT2D eigenvalue weighted by Crippen LogP contribution is 2.22. The van der Waals surface area contributed by atoms with E-state index in [0.29, 0.717) is 21.5 Å². The number of aryl methyl sites for hydroxylation is 1. The van der Waals surface area contributed by atoms with Crippen LogP contribution in [0.2, 0.25) is 0 Å². The summed E-state index contributed by atoms with van der Waals surface area (Å²) in [6, 6.07) is 4.74. The third-order valence-electron chi connectivity index (χ3n) is 4.05. The first-order valence-corrected chi connectivity index (χ1v) is 9.61. The lowest BCUT2D eigenvalue weighted by Crippen LogP contribution is -2.18. The number of ether oxygens (including phenoxy) is 1. The normalized spacial score (nSPS) is 12.5. The van der Waals surface area contributed by atoms with E-state index in [2.05, 4.69) is 42.8 Å². The van der Waals surface area contributed by atoms with Crippen LogP contribution in [0.5, 0.6) is 5.75 Å². The van der Waals surface area contributed by atoms with Crippen molar-refractivity contribution in [3.63, 3.8) is 0 Å². The van der Waals surface area contributed by atoms with E-state index in [4.69, 9.17) is 4.74 Å². The highest BCUT2D eigenvalue weighted by molar-refractivity contribution is 7.04. The lowest BCUT2D eigenvalue weighted by atomic mass is 10.1. The van der Waals surface area contributed by atoms with Crippen LogP contribution in [0.15, 0.2) is 29.4 Å². The number of hydrogen-bond acceptors (Lipinski definition) is 3. The number of methoxy groups -OCH3 is 1. The van der Waals surface area contributed by atoms with Crippen LogP contribution < -0.4 is 9.41 Å². The highest BCUT2D eigenvalue weighted by atomic mass is 32.1. The number of rotatable bonds is 6. The third-order valence-corrected chi connectivity index (χ3v) is 5.42. The minimum absolute atomic E-state index is 0.0751. The molecule has 1 aromatic heterocycles. The standard InChI is InChI=1S/C20H27FN2O2S/c1-6-7-8-15-13-23(20(2,3)4)26-19(15)22-18(24)16-11-14(12-21)9-10-17(16)25-5/h9-11,13H,6-8,12H2,1-5H3. The van der Waals surface area contributed by atoms with Gasteiger partial charge < -0.3 is 4.74 Å². The van der Waals surface area contributed by atoms with Crippen LogP contribution in [0, 0.1) is 0 Å². The first-order chi connectivity index (χ1) is 12.3. The predicted octanol–water partition coefficient (Wildman–Crippen LogP) is 4.87. The number of unbranched alkanes of at least 4 members (excludes halogenated alkanes) is 1. The third kappa shape index (κ3) is 4.81. The van der Waals surface area contributed by atoms with Gasteiger partial charge >= 0.3 is 0 Å². The van der Waals surface area contributed by atoms with Crippen molar-refractivity contribution in [2.45, 2.75) is 59.2 Å². The molecule has 1 heterocycles. The van der Waals surface area contributed by atoms with Crippen molar-refractivity contribution in [1.82, 2.24) is 3.96 Å². The van der Waals surface area contributed by atoms with Gasteiger partial charge in [0.05, 0.1) is 12.7 Å². The van der Waals surface area contributed by atoms with Crippen molar-refractivity contribution >= 4 is 17.4 Å². The second-order valence-electron chi connectivity index (χ2n) is 7.24. The van der Waals surface area contributed by atoms with Gasteiger partial charge in [0.1, 0.15) is 17.1 Å². The smallest absolute Gasteiger partial charge is 0.282 e. The molecule has 0 fully saturated rings. The number of carbonyl (C=O) groups excluding carboxylic acids is 1. The van der Waals surface area contributed by atoms with E-state index >= 15 is 0 Å². The van der Waals surface area contributed by atoms with Crippen LogP contribution in [0.3, 0.4) is 0 Å². The molecule has 0 bridgehead atoms. The van der Waals surface area contributed by atoms with Gasteiger partial charge in [-0.2, -0.15) is 4.99 Å². The van der Waals surface area contributed by atoms with Gasteiger partial charge in [-0.25, -0.2) is 4.39 Å². The van der Waals surface area contributed by atoms with Gasteiger partial charge in [0.15, 0.2) is 0 Å². The zero-order valence-corrected chi connectivity index (χ0v) is 17.0. The Morgan fingerprint density at radius 3 is 2.65 bits per heavy atom. The Morgan fingerprint density at radius 1 is 1.35 bits per heavy atom. The largest absolute Gasteiger partial charge is 0.496 e. The SMILES string of the molecule is CCCCc1cn(C(C)(C)C)sc1=NC(=O)c1cc(CF)ccc1OC. The van der Waals surface area contributed by atoms with E-state index in [9.17, 15) is 9.18 Å². The minimum Gasteiger partial charge on any atom is -0.496 e. The summed E-state index contributed by atoms with van der Waals surface area (Å²) in [4.78, 5) is 17.1. The summed E-state index contributed by atoms with van der Waals surface area (Å²) in [6.07, 6.45) is 5.08. The Balaban J connectivity index is 2.51. The van der Waals surface area contributed by atoms with E-state index < -0.39 is 12.6 Å². The number of carbonyl (C=O) groups is 1. The van der Waals surface area contributed by atoms with Crippen molar-refractivity contribution in [1.29, 1.82) is 0 Å². The molecule has 0 unspecified atom stereocenters. The molecule has 2 rings (SSSR count). The lowest BCUT2D eigenvalue weighted by molar-refractivity contribution is 0.0995. The van der Waals surface area contributed by atoms with Crippen molar-refractivity contribution < 1.29 is 13.9 Å². The average molecular weight is 379 g/mol. The second-order valence-corrected chi connectivity index (χ2v) is 8.20. The Morgan fingerprint density at radius 2 is 2.08 bits per heavy atom. The molecule has 0 spiro atoms. The summed E-state index contributed by atoms with van der Waals surface area (Å²) in [5.41, 5.74) is 1.72. The number of benzene rings is 1. The van der Waals surface area contributed by atoms with Crippen LogP contribution in [-0.4, -0.2) is 17.0 Å². The van der Waals surface area contributed by atoms with Crippen LogP contribution in [0.25, 0.3) is 0 Å². The van der Waals surface area contributed by atoms with E-state index in [1.807, 2.05) is 0 Å². The fourth-order valence-electron chi connectivity index (χ4n) is 2.49. The molecule has 0 saturated carbocycles. The number of nitrogens with zero attached hydrogens (tertiary/aromatic N) is 2. The Labute approximate surface area is 158 Å². The molecule has 6 heteroatoms. The fourth-order valence-corrected chi connectivity index (χ4v) is 3.53. The molecule has 0 aliphatic rings. The molecule has 0 aliphatic carbocycles. The van der Waals surface area contributed by atoms with Crippen LogP contribution in [0.4, 0.5) is 4.39 Å². The summed E-state index contributed by atoms with van der Waals surface area (Å²) in [7, 11) is 1.49. The molecule has 0 atom stereocenters. The van der Waals surface area contributed by atoms with Crippen molar-refractivity contribution in [2.75, 3.05) is 7.11 Å². The van der Waals surface area contributed by atoms with Gasteiger partial charge in [-0.05, 0) is 62.8 Å². The first-order valence-electron chi connectivity index (χ1n) is 8.84. The van der Waals surface area contributed by atoms with E-state index in [1.54, 1.807) is 12.1 Å². The summed E-state index contributed by atoms with van der Waals surface area (Å²) >= 11 is 1.48. The Hall–Kier alpha value is -1.95. The number of hydrogen-bond donors (Lipinski definition) is 0. The maximum absolute atomic E-state index is 13.0. The summed E-state index contributed by atoms with van der Waals surface area (Å²) in [5.74, 6) is 0.00381. The van der Waals surface area contributed by atoms with Gasteiger partial charge in [0.25, 0.3) is 5.91 Å². The van der Waals surface area contributed by atoms with Crippen LogP contribution >= 0.6 is 11.5 Å². The van der Waals surface area contributed by atoms with Gasteiger partial charge in [-0.15, -0.1) is 0 Å². The maximum Gasteiger partial charge on any atom is 0.282 e. The topological polar surface area (TPSA) is 43.6 Å². The average Bonchev–Trinajstić information content (AvgIpc) is 3.02. The first kappa shape index (κ1) is 20.4. The molecule has 142 valence electrons. The molecule has 0 radical (unpaired) electrons. The molecule has 1 amide bonds. The molecular formula is C20H27FN2O2S. The monoisotopic (exact) mass is 378 g/mol. The molecule has 0 N–H and O–H groups in total. The van der Waals surface area contributed by atoms with Gasteiger partial charge in [0.2, 0.25) is 0 Å². The Bertz CT molecular complexity index is 831. The lowest BCUT2D eigenvalue weighted by Gasteiger charge is -2.19. The predicted molar refractivity (Wildman–Crippen MR) is 104 cm³/mol. The van der Waals surface area contributed by atoms with E-state index in [0.717, 1.165) is 24.8 Å². The number of amides is 1. The quantitative estimate of drug-likeness (QED) is 0.720. The number of alkyl halides is 1. The van der Waals surface area contributed by atoms with E-state index in [1.165, 1.54) is 24.7 Å². The summed E-state index contributed by atoms with van der Waals surface area (Å²) in [6.45, 7) is 7.86. The van der Waals surface area contributed by atoms with Crippen molar-refractivity contribution in [3.8, 4) is 5.75 Å². The second kappa shape index (κ2) is 8.62. The molecule has 1 aromatic carbocycles. The van der Waals surface area contributed by atoms with Crippen molar-refractivity contribution in [2.24, 2.45) is 4.99 Å². The number of aromatic nitrogens is 1. The molecule has 2 aromatic rings. The summed E-state index contributed by atoms with van der Waals surface area (Å²) in [5, 5.41) is 0.